The van der Waals surface area contributed by atoms with E-state index >= 15 is 0 Å². The van der Waals surface area contributed by atoms with Crippen molar-refractivity contribution in [1.82, 2.24) is 15.0 Å². The maximum Gasteiger partial charge on any atom is 0.227 e. The molecule has 2 aromatic rings. The van der Waals surface area contributed by atoms with Gasteiger partial charge in [0, 0.05) is 5.02 Å². The fraction of sp³-hybridized carbons (Fsp3) is 0.182. The van der Waals surface area contributed by atoms with Gasteiger partial charge in [0.1, 0.15) is 5.75 Å². The Morgan fingerprint density at radius 3 is 2.67 bits per heavy atom. The Morgan fingerprint density at radius 2 is 2.00 bits per heavy atom. The maximum absolute atomic E-state index is 5.86. The highest BCUT2D eigenvalue weighted by atomic mass is 35.5. The summed E-state index contributed by atoms with van der Waals surface area (Å²) >= 11 is 11.6. The minimum atomic E-state index is -0.411. The van der Waals surface area contributed by atoms with Crippen LogP contribution in [0.2, 0.25) is 10.3 Å². The zero-order chi connectivity index (χ0) is 13.1. The lowest BCUT2D eigenvalue weighted by Crippen LogP contribution is -2.11. The van der Waals surface area contributed by atoms with Crippen molar-refractivity contribution in [3.8, 4) is 5.75 Å². The summed E-state index contributed by atoms with van der Waals surface area (Å²) < 4.78 is 5.64. The second-order valence-electron chi connectivity index (χ2n) is 3.54. The number of hydrogen-bond donors (Lipinski definition) is 1. The summed E-state index contributed by atoms with van der Waals surface area (Å²) in [5, 5.41) is 0.631. The van der Waals surface area contributed by atoms with E-state index in [-0.39, 0.29) is 11.2 Å². The summed E-state index contributed by atoms with van der Waals surface area (Å²) in [7, 11) is 0. The highest BCUT2D eigenvalue weighted by molar-refractivity contribution is 6.30. The Bertz CT molecular complexity index is 544. The molecule has 0 amide bonds. The molecule has 7 heteroatoms. The van der Waals surface area contributed by atoms with Crippen molar-refractivity contribution >= 4 is 29.2 Å². The van der Waals surface area contributed by atoms with Gasteiger partial charge >= 0.3 is 0 Å². The molecular weight excluding hydrogens is 275 g/mol. The van der Waals surface area contributed by atoms with Gasteiger partial charge in [0.25, 0.3) is 0 Å². The van der Waals surface area contributed by atoms with Gasteiger partial charge in [-0.25, -0.2) is 0 Å². The van der Waals surface area contributed by atoms with Gasteiger partial charge in [0.2, 0.25) is 11.2 Å². The van der Waals surface area contributed by atoms with Crippen molar-refractivity contribution < 1.29 is 4.74 Å². The molecule has 0 fully saturated rings. The number of nitrogens with zero attached hydrogens (tertiary/aromatic N) is 3. The molecule has 18 heavy (non-hydrogen) atoms. The second-order valence-corrected chi connectivity index (χ2v) is 4.31. The van der Waals surface area contributed by atoms with Crippen LogP contribution >= 0.6 is 23.2 Å². The van der Waals surface area contributed by atoms with E-state index in [1.165, 1.54) is 0 Å². The van der Waals surface area contributed by atoms with E-state index in [1.807, 2.05) is 0 Å². The van der Waals surface area contributed by atoms with Gasteiger partial charge in [0.15, 0.2) is 11.9 Å². The van der Waals surface area contributed by atoms with Gasteiger partial charge in [0.05, 0.1) is 0 Å². The number of halogens is 2. The van der Waals surface area contributed by atoms with Crippen molar-refractivity contribution in [2.45, 2.75) is 13.0 Å². The molecule has 0 bridgehead atoms. The molecule has 1 unspecified atom stereocenters. The Hall–Kier alpha value is -1.59. The average Bonchev–Trinajstić information content (AvgIpc) is 2.27. The number of anilines is 1. The number of hydrogen-bond acceptors (Lipinski definition) is 5. The summed E-state index contributed by atoms with van der Waals surface area (Å²) in [5.41, 5.74) is 5.49. The van der Waals surface area contributed by atoms with E-state index < -0.39 is 6.10 Å². The lowest BCUT2D eigenvalue weighted by Gasteiger charge is -2.13. The molecule has 0 saturated heterocycles. The molecule has 2 N–H and O–H groups in total. The minimum absolute atomic E-state index is 0.0408. The quantitative estimate of drug-likeness (QED) is 0.938. The van der Waals surface area contributed by atoms with Gasteiger partial charge in [-0.15, -0.1) is 0 Å². The van der Waals surface area contributed by atoms with E-state index in [9.17, 15) is 0 Å². The summed E-state index contributed by atoms with van der Waals surface area (Å²) in [6.45, 7) is 1.78. The highest BCUT2D eigenvalue weighted by Gasteiger charge is 2.13. The summed E-state index contributed by atoms with van der Waals surface area (Å²) in [6.07, 6.45) is -0.411. The van der Waals surface area contributed by atoms with Crippen molar-refractivity contribution in [3.05, 3.63) is 40.4 Å². The molecule has 1 atom stereocenters. The topological polar surface area (TPSA) is 73.9 Å². The molecule has 1 aromatic carbocycles. The number of nitrogens with two attached hydrogens (primary N) is 1. The van der Waals surface area contributed by atoms with Crippen LogP contribution in [-0.2, 0) is 0 Å². The summed E-state index contributed by atoms with van der Waals surface area (Å²) in [5.74, 6) is 1.05. The number of benzene rings is 1. The second kappa shape index (κ2) is 5.37. The highest BCUT2D eigenvalue weighted by Crippen LogP contribution is 2.23. The van der Waals surface area contributed by atoms with Crippen LogP contribution in [0.4, 0.5) is 5.95 Å². The number of rotatable bonds is 3. The summed E-state index contributed by atoms with van der Waals surface area (Å²) in [6, 6.07) is 7.04. The van der Waals surface area contributed by atoms with Crippen molar-refractivity contribution in [3.63, 3.8) is 0 Å². The molecule has 0 aliphatic carbocycles. The van der Waals surface area contributed by atoms with Crippen molar-refractivity contribution in [2.75, 3.05) is 5.73 Å². The molecule has 1 aromatic heterocycles. The Kier molecular flexibility index (Phi) is 3.84. The van der Waals surface area contributed by atoms with Crippen LogP contribution in [0.3, 0.4) is 0 Å². The first-order valence-corrected chi connectivity index (χ1v) is 5.89. The third-order valence-electron chi connectivity index (χ3n) is 2.12. The Labute approximate surface area is 114 Å². The molecule has 1 heterocycles. The zero-order valence-electron chi connectivity index (χ0n) is 9.47. The number of nitrogen functional groups attached to an aromatic ring is 1. The van der Waals surface area contributed by atoms with Gasteiger partial charge < -0.3 is 10.5 Å². The number of ether oxygens (including phenoxy) is 1. The molecule has 5 nitrogen and oxygen atoms in total. The first kappa shape index (κ1) is 12.9. The molecular formula is C11H10Cl2N4O. The smallest absolute Gasteiger partial charge is 0.227 e. The van der Waals surface area contributed by atoms with E-state index in [0.29, 0.717) is 16.6 Å². The van der Waals surface area contributed by atoms with E-state index in [2.05, 4.69) is 15.0 Å². The zero-order valence-corrected chi connectivity index (χ0v) is 11.0. The molecule has 0 saturated carbocycles. The first-order valence-electron chi connectivity index (χ1n) is 5.14. The molecule has 0 aliphatic rings. The molecule has 0 aliphatic heterocycles. The standard InChI is InChI=1S/C11H10Cl2N4O/c1-6(9-15-10(13)17-11(14)16-9)18-8-4-2-3-7(12)5-8/h2-6H,1H3,(H2,14,15,16,17). The Morgan fingerprint density at radius 1 is 1.22 bits per heavy atom. The van der Waals surface area contributed by atoms with Crippen LogP contribution in [0.5, 0.6) is 5.75 Å². The fourth-order valence-corrected chi connectivity index (χ4v) is 1.71. The first-order chi connectivity index (χ1) is 8.54. The van der Waals surface area contributed by atoms with Crippen LogP contribution in [0.1, 0.15) is 18.9 Å². The van der Waals surface area contributed by atoms with Crippen LogP contribution in [0, 0.1) is 0 Å². The fourth-order valence-electron chi connectivity index (χ4n) is 1.36. The predicted molar refractivity (Wildman–Crippen MR) is 69.7 cm³/mol. The van der Waals surface area contributed by atoms with Gasteiger partial charge in [-0.05, 0) is 36.7 Å². The predicted octanol–water partition coefficient (Wildman–Crippen LogP) is 2.90. The van der Waals surface area contributed by atoms with Gasteiger partial charge in [-0.2, -0.15) is 15.0 Å². The Balaban J connectivity index is 2.19. The van der Waals surface area contributed by atoms with E-state index in [0.717, 1.165) is 0 Å². The largest absolute Gasteiger partial charge is 0.483 e. The molecule has 2 rings (SSSR count). The third kappa shape index (κ3) is 3.21. The van der Waals surface area contributed by atoms with Crippen LogP contribution in [0.25, 0.3) is 0 Å². The van der Waals surface area contributed by atoms with Crippen LogP contribution in [0.15, 0.2) is 24.3 Å². The minimum Gasteiger partial charge on any atom is -0.483 e. The maximum atomic E-state index is 5.86. The van der Waals surface area contributed by atoms with Crippen LogP contribution < -0.4 is 10.5 Å². The van der Waals surface area contributed by atoms with E-state index in [1.54, 1.807) is 31.2 Å². The van der Waals surface area contributed by atoms with Gasteiger partial charge in [-0.3, -0.25) is 0 Å². The van der Waals surface area contributed by atoms with E-state index in [4.69, 9.17) is 33.7 Å². The average molecular weight is 285 g/mol. The summed E-state index contributed by atoms with van der Waals surface area (Å²) in [4.78, 5) is 11.6. The molecule has 94 valence electrons. The molecule has 0 radical (unpaired) electrons. The van der Waals surface area contributed by atoms with Crippen molar-refractivity contribution in [2.24, 2.45) is 0 Å². The van der Waals surface area contributed by atoms with Crippen molar-refractivity contribution in [1.29, 1.82) is 0 Å². The van der Waals surface area contributed by atoms with Crippen LogP contribution in [-0.4, -0.2) is 15.0 Å². The monoisotopic (exact) mass is 284 g/mol. The third-order valence-corrected chi connectivity index (χ3v) is 2.52. The lowest BCUT2D eigenvalue weighted by atomic mass is 10.3. The number of aromatic nitrogens is 3. The van der Waals surface area contributed by atoms with Gasteiger partial charge in [-0.1, -0.05) is 17.7 Å². The lowest BCUT2D eigenvalue weighted by molar-refractivity contribution is 0.216. The normalized spacial score (nSPS) is 12.2. The SMILES string of the molecule is CC(Oc1cccc(Cl)c1)c1nc(N)nc(Cl)n1. The molecule has 0 spiro atoms.